The van der Waals surface area contributed by atoms with Crippen LogP contribution in [0.1, 0.15) is 5.56 Å². The van der Waals surface area contributed by atoms with E-state index in [2.05, 4.69) is 20.7 Å². The van der Waals surface area contributed by atoms with Gasteiger partial charge in [0.25, 0.3) is 0 Å². The summed E-state index contributed by atoms with van der Waals surface area (Å²) in [7, 11) is 1.26. The zero-order valence-electron chi connectivity index (χ0n) is 7.38. The maximum atomic E-state index is 12.9. The Morgan fingerprint density at radius 2 is 2.29 bits per heavy atom. The molecule has 14 heavy (non-hydrogen) atoms. The van der Waals surface area contributed by atoms with Gasteiger partial charge in [-0.05, 0) is 17.7 Å². The third-order valence-corrected chi connectivity index (χ3v) is 2.42. The van der Waals surface area contributed by atoms with E-state index in [1.807, 2.05) is 0 Å². The molecule has 0 bridgehead atoms. The molecular formula is C9H8BrFO3. The van der Waals surface area contributed by atoms with Gasteiger partial charge in [0.05, 0.1) is 13.5 Å². The van der Waals surface area contributed by atoms with E-state index in [0.29, 0.717) is 10.0 Å². The van der Waals surface area contributed by atoms with E-state index < -0.39 is 17.5 Å². The second-order valence-electron chi connectivity index (χ2n) is 2.65. The molecule has 0 saturated carbocycles. The number of phenolic OH excluding ortho intramolecular Hbond substituents is 1. The highest BCUT2D eigenvalue weighted by Crippen LogP contribution is 2.25. The second-order valence-corrected chi connectivity index (χ2v) is 3.50. The number of rotatable bonds is 2. The van der Waals surface area contributed by atoms with Gasteiger partial charge in [-0.2, -0.15) is 0 Å². The fraction of sp³-hybridized carbons (Fsp3) is 0.222. The highest BCUT2D eigenvalue weighted by molar-refractivity contribution is 9.10. The van der Waals surface area contributed by atoms with Gasteiger partial charge in [0.1, 0.15) is 0 Å². The van der Waals surface area contributed by atoms with E-state index in [0.717, 1.165) is 6.07 Å². The summed E-state index contributed by atoms with van der Waals surface area (Å²) in [6.07, 6.45) is -0.0334. The molecule has 3 nitrogen and oxygen atoms in total. The number of methoxy groups -OCH3 is 1. The Bertz CT molecular complexity index is 365. The third-order valence-electron chi connectivity index (χ3n) is 1.68. The van der Waals surface area contributed by atoms with Gasteiger partial charge in [-0.1, -0.05) is 15.9 Å². The molecule has 1 aromatic carbocycles. The fourth-order valence-electron chi connectivity index (χ4n) is 0.941. The summed E-state index contributed by atoms with van der Waals surface area (Å²) in [5.74, 6) is -1.67. The molecule has 0 heterocycles. The molecule has 0 amide bonds. The Morgan fingerprint density at radius 1 is 1.64 bits per heavy atom. The summed E-state index contributed by atoms with van der Waals surface area (Å²) < 4.78 is 17.8. The number of carbonyl (C=O) groups excluding carboxylic acids is 1. The zero-order chi connectivity index (χ0) is 10.7. The molecule has 0 spiro atoms. The van der Waals surface area contributed by atoms with Crippen LogP contribution in [0.3, 0.4) is 0 Å². The summed E-state index contributed by atoms with van der Waals surface area (Å²) in [5, 5.41) is 8.99. The van der Waals surface area contributed by atoms with E-state index in [9.17, 15) is 9.18 Å². The van der Waals surface area contributed by atoms with Crippen LogP contribution in [0.25, 0.3) is 0 Å². The van der Waals surface area contributed by atoms with Crippen LogP contribution in [0.15, 0.2) is 16.6 Å². The number of hydrogen-bond donors (Lipinski definition) is 1. The minimum atomic E-state index is -0.757. The molecule has 1 N–H and O–H groups in total. The van der Waals surface area contributed by atoms with Crippen LogP contribution in [-0.2, 0) is 16.0 Å². The van der Waals surface area contributed by atoms with Crippen LogP contribution in [-0.4, -0.2) is 18.2 Å². The van der Waals surface area contributed by atoms with Gasteiger partial charge >= 0.3 is 5.97 Å². The SMILES string of the molecule is COC(=O)Cc1cc(F)c(O)cc1Br. The Labute approximate surface area is 88.6 Å². The fourth-order valence-corrected chi connectivity index (χ4v) is 1.41. The molecule has 1 rings (SSSR count). The van der Waals surface area contributed by atoms with Crippen LogP contribution in [0, 0.1) is 5.82 Å². The first kappa shape index (κ1) is 11.0. The molecule has 0 aliphatic rings. The highest BCUT2D eigenvalue weighted by Gasteiger charge is 2.10. The van der Waals surface area contributed by atoms with Crippen LogP contribution < -0.4 is 0 Å². The number of phenols is 1. The molecule has 0 atom stereocenters. The van der Waals surface area contributed by atoms with E-state index in [4.69, 9.17) is 5.11 Å². The summed E-state index contributed by atoms with van der Waals surface area (Å²) in [6, 6.07) is 2.30. The maximum absolute atomic E-state index is 12.9. The van der Waals surface area contributed by atoms with Gasteiger partial charge in [0, 0.05) is 4.47 Å². The number of esters is 1. The monoisotopic (exact) mass is 262 g/mol. The minimum absolute atomic E-state index is 0.0334. The van der Waals surface area contributed by atoms with E-state index in [1.54, 1.807) is 0 Å². The molecule has 1 aromatic rings. The largest absolute Gasteiger partial charge is 0.505 e. The quantitative estimate of drug-likeness (QED) is 0.830. The number of halogens is 2. The normalized spacial score (nSPS) is 9.93. The van der Waals surface area contributed by atoms with E-state index >= 15 is 0 Å². The average molecular weight is 263 g/mol. The Balaban J connectivity index is 2.98. The molecule has 0 aliphatic carbocycles. The molecule has 0 aliphatic heterocycles. The molecule has 0 radical (unpaired) electrons. The first-order valence-corrected chi connectivity index (χ1v) is 4.57. The van der Waals surface area contributed by atoms with Crippen LogP contribution in [0.5, 0.6) is 5.75 Å². The van der Waals surface area contributed by atoms with Gasteiger partial charge in [-0.15, -0.1) is 0 Å². The lowest BCUT2D eigenvalue weighted by Gasteiger charge is -2.04. The lowest BCUT2D eigenvalue weighted by molar-refractivity contribution is -0.139. The van der Waals surface area contributed by atoms with Crippen molar-refractivity contribution in [3.05, 3.63) is 28.0 Å². The van der Waals surface area contributed by atoms with Gasteiger partial charge in [-0.3, -0.25) is 4.79 Å². The van der Waals surface area contributed by atoms with Crippen molar-refractivity contribution in [2.45, 2.75) is 6.42 Å². The number of benzene rings is 1. The van der Waals surface area contributed by atoms with Crippen molar-refractivity contribution in [1.82, 2.24) is 0 Å². The lowest BCUT2D eigenvalue weighted by Crippen LogP contribution is -2.05. The molecule has 0 saturated heterocycles. The van der Waals surface area contributed by atoms with Crippen LogP contribution >= 0.6 is 15.9 Å². The number of hydrogen-bond acceptors (Lipinski definition) is 3. The standard InChI is InChI=1S/C9H8BrFO3/c1-14-9(13)3-5-2-7(11)8(12)4-6(5)10/h2,4,12H,3H2,1H3. The van der Waals surface area contributed by atoms with Gasteiger partial charge in [0.2, 0.25) is 0 Å². The Hall–Kier alpha value is -1.10. The predicted molar refractivity (Wildman–Crippen MR) is 51.5 cm³/mol. The number of carbonyl (C=O) groups is 1. The summed E-state index contributed by atoms with van der Waals surface area (Å²) >= 11 is 3.10. The Kier molecular flexibility index (Phi) is 3.46. The van der Waals surface area contributed by atoms with Gasteiger partial charge in [0.15, 0.2) is 11.6 Å². The summed E-state index contributed by atoms with van der Waals surface area (Å²) in [4.78, 5) is 10.9. The Morgan fingerprint density at radius 3 is 2.86 bits per heavy atom. The van der Waals surface area contributed by atoms with Crippen LogP contribution in [0.2, 0.25) is 0 Å². The smallest absolute Gasteiger partial charge is 0.310 e. The summed E-state index contributed by atoms with van der Waals surface area (Å²) in [6.45, 7) is 0. The van der Waals surface area contributed by atoms with E-state index in [1.165, 1.54) is 13.2 Å². The van der Waals surface area contributed by atoms with Crippen molar-refractivity contribution >= 4 is 21.9 Å². The van der Waals surface area contributed by atoms with Crippen molar-refractivity contribution < 1.29 is 19.0 Å². The second kappa shape index (κ2) is 4.41. The number of aromatic hydroxyl groups is 1. The van der Waals surface area contributed by atoms with Gasteiger partial charge < -0.3 is 9.84 Å². The van der Waals surface area contributed by atoms with Crippen molar-refractivity contribution in [3.8, 4) is 5.75 Å². The third kappa shape index (κ3) is 2.45. The van der Waals surface area contributed by atoms with Crippen molar-refractivity contribution in [1.29, 1.82) is 0 Å². The maximum Gasteiger partial charge on any atom is 0.310 e. The molecular weight excluding hydrogens is 255 g/mol. The molecule has 0 unspecified atom stereocenters. The molecule has 0 aromatic heterocycles. The van der Waals surface area contributed by atoms with Crippen molar-refractivity contribution in [2.75, 3.05) is 7.11 Å². The minimum Gasteiger partial charge on any atom is -0.505 e. The predicted octanol–water partition coefficient (Wildman–Crippen LogP) is 2.01. The average Bonchev–Trinajstić information content (AvgIpc) is 2.14. The topological polar surface area (TPSA) is 46.5 Å². The van der Waals surface area contributed by atoms with Crippen LogP contribution in [0.4, 0.5) is 4.39 Å². The number of ether oxygens (including phenoxy) is 1. The summed E-state index contributed by atoms with van der Waals surface area (Å²) in [5.41, 5.74) is 0.437. The first-order valence-electron chi connectivity index (χ1n) is 3.78. The first-order chi connectivity index (χ1) is 6.54. The highest BCUT2D eigenvalue weighted by atomic mass is 79.9. The van der Waals surface area contributed by atoms with Gasteiger partial charge in [-0.25, -0.2) is 4.39 Å². The molecule has 76 valence electrons. The van der Waals surface area contributed by atoms with Crippen molar-refractivity contribution in [3.63, 3.8) is 0 Å². The van der Waals surface area contributed by atoms with E-state index in [-0.39, 0.29) is 6.42 Å². The van der Waals surface area contributed by atoms with Crippen molar-refractivity contribution in [2.24, 2.45) is 0 Å². The molecule has 0 fully saturated rings. The lowest BCUT2D eigenvalue weighted by atomic mass is 10.1. The zero-order valence-corrected chi connectivity index (χ0v) is 8.97. The molecule has 5 heteroatoms.